The molecule has 0 aliphatic rings. The zero-order valence-electron chi connectivity index (χ0n) is 8.52. The average Bonchev–Trinajstić information content (AvgIpc) is 2.11. The Hall–Kier alpha value is -1.30. The molecule has 0 rings (SSSR count). The maximum absolute atomic E-state index is 11.2. The molecule has 6 heteroatoms. The molecular formula is C8H16N2O4. The van der Waals surface area contributed by atoms with Crippen molar-refractivity contribution in [3.63, 3.8) is 0 Å². The number of aliphatic carboxylic acids is 1. The highest BCUT2D eigenvalue weighted by Crippen LogP contribution is 1.94. The van der Waals surface area contributed by atoms with E-state index in [0.717, 1.165) is 0 Å². The Morgan fingerprint density at radius 2 is 2.00 bits per heavy atom. The number of aliphatic hydroxyl groups is 1. The highest BCUT2D eigenvalue weighted by Gasteiger charge is 2.25. The van der Waals surface area contributed by atoms with E-state index in [9.17, 15) is 9.59 Å². The Balaban J connectivity index is 4.31. The van der Waals surface area contributed by atoms with E-state index in [2.05, 4.69) is 5.32 Å². The number of aliphatic hydroxyl groups excluding tert-OH is 1. The number of nitrogens with zero attached hydrogens (tertiary/aromatic N) is 1. The number of carbonyl (C=O) groups is 2. The average molecular weight is 204 g/mol. The molecule has 0 aliphatic heterocycles. The number of nitrogens with one attached hydrogen (secondary N) is 1. The minimum atomic E-state index is -1.27. The van der Waals surface area contributed by atoms with Crippen LogP contribution in [0, 0.1) is 0 Å². The first-order chi connectivity index (χ1) is 6.40. The molecule has 0 aliphatic carbocycles. The van der Waals surface area contributed by atoms with Crippen LogP contribution in [0.1, 0.15) is 13.8 Å². The standard InChI is InChI=1S/C8H16N2O4/c1-4-10(3)8(14)9-6(5(2)11)7(12)13/h5-6,11H,4H2,1-3H3,(H,9,14)(H,12,13). The van der Waals surface area contributed by atoms with Gasteiger partial charge in [-0.1, -0.05) is 0 Å². The van der Waals surface area contributed by atoms with Gasteiger partial charge >= 0.3 is 12.0 Å². The van der Waals surface area contributed by atoms with Gasteiger partial charge in [-0.25, -0.2) is 9.59 Å². The van der Waals surface area contributed by atoms with Crippen LogP contribution >= 0.6 is 0 Å². The van der Waals surface area contributed by atoms with Gasteiger partial charge in [-0.2, -0.15) is 0 Å². The SMILES string of the molecule is CCN(C)C(=O)NC(C(=O)O)C(C)O. The summed E-state index contributed by atoms with van der Waals surface area (Å²) in [4.78, 5) is 23.1. The van der Waals surface area contributed by atoms with E-state index < -0.39 is 24.1 Å². The van der Waals surface area contributed by atoms with Crippen LogP contribution in [0.2, 0.25) is 0 Å². The van der Waals surface area contributed by atoms with Gasteiger partial charge in [-0.3, -0.25) is 0 Å². The fourth-order valence-corrected chi connectivity index (χ4v) is 0.776. The van der Waals surface area contributed by atoms with E-state index in [1.807, 2.05) is 0 Å². The van der Waals surface area contributed by atoms with E-state index in [0.29, 0.717) is 6.54 Å². The van der Waals surface area contributed by atoms with Crippen molar-refractivity contribution in [2.75, 3.05) is 13.6 Å². The molecule has 0 bridgehead atoms. The lowest BCUT2D eigenvalue weighted by atomic mass is 10.2. The van der Waals surface area contributed by atoms with Gasteiger partial charge in [-0.05, 0) is 13.8 Å². The Morgan fingerprint density at radius 3 is 2.29 bits per heavy atom. The number of hydrogen-bond donors (Lipinski definition) is 3. The van der Waals surface area contributed by atoms with Crippen molar-refractivity contribution in [2.45, 2.75) is 26.0 Å². The summed E-state index contributed by atoms with van der Waals surface area (Å²) in [6.07, 6.45) is -1.12. The van der Waals surface area contributed by atoms with Crippen molar-refractivity contribution < 1.29 is 19.8 Å². The first-order valence-corrected chi connectivity index (χ1v) is 4.32. The molecule has 0 aromatic rings. The molecule has 82 valence electrons. The van der Waals surface area contributed by atoms with Gasteiger partial charge in [0.25, 0.3) is 0 Å². The topological polar surface area (TPSA) is 89.9 Å². The second-order valence-corrected chi connectivity index (χ2v) is 3.02. The number of amides is 2. The number of carboxylic acids is 1. The van der Waals surface area contributed by atoms with Gasteiger partial charge in [0.15, 0.2) is 6.04 Å². The summed E-state index contributed by atoms with van der Waals surface area (Å²) in [7, 11) is 1.54. The number of carboxylic acid groups (broad SMARTS) is 1. The molecule has 2 amide bonds. The minimum Gasteiger partial charge on any atom is -0.480 e. The normalized spacial score (nSPS) is 14.3. The quantitative estimate of drug-likeness (QED) is 0.575. The molecule has 0 spiro atoms. The van der Waals surface area contributed by atoms with Crippen LogP contribution in [-0.4, -0.2) is 52.9 Å². The Kier molecular flexibility index (Phi) is 4.93. The van der Waals surface area contributed by atoms with Crippen molar-refractivity contribution in [1.29, 1.82) is 0 Å². The molecule has 0 radical (unpaired) electrons. The molecular weight excluding hydrogens is 188 g/mol. The molecule has 0 aromatic heterocycles. The van der Waals surface area contributed by atoms with Crippen LogP contribution in [0.5, 0.6) is 0 Å². The van der Waals surface area contributed by atoms with Gasteiger partial charge in [0.1, 0.15) is 0 Å². The summed E-state index contributed by atoms with van der Waals surface area (Å²) in [5, 5.41) is 19.9. The van der Waals surface area contributed by atoms with E-state index in [1.165, 1.54) is 18.9 Å². The third-order valence-electron chi connectivity index (χ3n) is 1.85. The summed E-state index contributed by atoms with van der Waals surface area (Å²) < 4.78 is 0. The van der Waals surface area contributed by atoms with Crippen molar-refractivity contribution in [3.8, 4) is 0 Å². The molecule has 0 saturated heterocycles. The predicted molar refractivity (Wildman–Crippen MR) is 49.9 cm³/mol. The van der Waals surface area contributed by atoms with E-state index in [4.69, 9.17) is 10.2 Å². The number of hydrogen-bond acceptors (Lipinski definition) is 3. The minimum absolute atomic E-state index is 0.470. The van der Waals surface area contributed by atoms with Gasteiger partial charge < -0.3 is 20.4 Å². The van der Waals surface area contributed by atoms with Crippen LogP contribution in [0.15, 0.2) is 0 Å². The van der Waals surface area contributed by atoms with E-state index in [-0.39, 0.29) is 0 Å². The molecule has 2 unspecified atom stereocenters. The molecule has 0 fully saturated rings. The van der Waals surface area contributed by atoms with Crippen molar-refractivity contribution in [1.82, 2.24) is 10.2 Å². The molecule has 3 N–H and O–H groups in total. The van der Waals surface area contributed by atoms with Crippen molar-refractivity contribution in [2.24, 2.45) is 0 Å². The smallest absolute Gasteiger partial charge is 0.328 e. The number of rotatable bonds is 4. The summed E-state index contributed by atoms with van der Waals surface area (Å²) in [5.74, 6) is -1.25. The van der Waals surface area contributed by atoms with Crippen LogP contribution in [0.3, 0.4) is 0 Å². The summed E-state index contributed by atoms with van der Waals surface area (Å²) in [6.45, 7) is 3.54. The summed E-state index contributed by atoms with van der Waals surface area (Å²) in [5.41, 5.74) is 0. The van der Waals surface area contributed by atoms with E-state index >= 15 is 0 Å². The van der Waals surface area contributed by atoms with Crippen molar-refractivity contribution in [3.05, 3.63) is 0 Å². The maximum Gasteiger partial charge on any atom is 0.328 e. The number of urea groups is 1. The summed E-state index contributed by atoms with van der Waals surface area (Å²) in [6, 6.07) is -1.78. The number of carbonyl (C=O) groups excluding carboxylic acids is 1. The molecule has 6 nitrogen and oxygen atoms in total. The zero-order valence-corrected chi connectivity index (χ0v) is 8.52. The predicted octanol–water partition coefficient (Wildman–Crippen LogP) is -0.518. The highest BCUT2D eigenvalue weighted by atomic mass is 16.4. The lowest BCUT2D eigenvalue weighted by Gasteiger charge is -2.21. The Labute approximate surface area is 82.5 Å². The maximum atomic E-state index is 11.2. The van der Waals surface area contributed by atoms with Crippen LogP contribution in [0.4, 0.5) is 4.79 Å². The van der Waals surface area contributed by atoms with E-state index in [1.54, 1.807) is 6.92 Å². The van der Waals surface area contributed by atoms with Gasteiger partial charge in [0.2, 0.25) is 0 Å². The second-order valence-electron chi connectivity index (χ2n) is 3.02. The van der Waals surface area contributed by atoms with Crippen LogP contribution < -0.4 is 5.32 Å². The van der Waals surface area contributed by atoms with Gasteiger partial charge in [0, 0.05) is 13.6 Å². The highest BCUT2D eigenvalue weighted by molar-refractivity contribution is 5.82. The first-order valence-electron chi connectivity index (χ1n) is 4.32. The van der Waals surface area contributed by atoms with Crippen LogP contribution in [0.25, 0.3) is 0 Å². The largest absolute Gasteiger partial charge is 0.480 e. The molecule has 0 saturated carbocycles. The third kappa shape index (κ3) is 3.61. The Morgan fingerprint density at radius 1 is 1.50 bits per heavy atom. The fraction of sp³-hybridized carbons (Fsp3) is 0.750. The lowest BCUT2D eigenvalue weighted by molar-refractivity contribution is -0.141. The monoisotopic (exact) mass is 204 g/mol. The molecule has 0 heterocycles. The zero-order chi connectivity index (χ0) is 11.3. The first kappa shape index (κ1) is 12.7. The van der Waals surface area contributed by atoms with Crippen molar-refractivity contribution >= 4 is 12.0 Å². The van der Waals surface area contributed by atoms with Crippen LogP contribution in [-0.2, 0) is 4.79 Å². The Bertz CT molecular complexity index is 217. The fourth-order valence-electron chi connectivity index (χ4n) is 0.776. The molecule has 2 atom stereocenters. The summed E-state index contributed by atoms with van der Waals surface area (Å²) >= 11 is 0. The second kappa shape index (κ2) is 5.43. The van der Waals surface area contributed by atoms with Gasteiger partial charge in [-0.15, -0.1) is 0 Å². The van der Waals surface area contributed by atoms with Gasteiger partial charge in [0.05, 0.1) is 6.10 Å². The molecule has 0 aromatic carbocycles. The third-order valence-corrected chi connectivity index (χ3v) is 1.85. The molecule has 14 heavy (non-hydrogen) atoms. The lowest BCUT2D eigenvalue weighted by Crippen LogP contribution is -2.51.